The van der Waals surface area contributed by atoms with Gasteiger partial charge in [-0.25, -0.2) is 0 Å². The van der Waals surface area contributed by atoms with Gasteiger partial charge in [-0.15, -0.1) is 0 Å². The maximum Gasteiger partial charge on any atom is 0.193 e. The predicted octanol–water partition coefficient (Wildman–Crippen LogP) is 2.92. The molecule has 68 valence electrons. The van der Waals surface area contributed by atoms with E-state index in [0.29, 0.717) is 0 Å². The molecule has 2 rings (SSSR count). The summed E-state index contributed by atoms with van der Waals surface area (Å²) in [6, 6.07) is 18.6. The molecule has 0 heterocycles. The van der Waals surface area contributed by atoms with Crippen LogP contribution in [0.15, 0.2) is 60.7 Å². The first kappa shape index (κ1) is 8.70. The van der Waals surface area contributed by atoms with E-state index in [0.717, 1.165) is 11.1 Å². The highest BCUT2D eigenvalue weighted by atomic mass is 16.3. The zero-order valence-electron chi connectivity index (χ0n) is 7.68. The Kier molecular flexibility index (Phi) is 2.41. The van der Waals surface area contributed by atoms with Crippen LogP contribution in [-0.2, 0) is 0 Å². The average molecular weight is 184 g/mol. The van der Waals surface area contributed by atoms with Crippen LogP contribution >= 0.6 is 0 Å². The number of hydrogen-bond donors (Lipinski definition) is 0. The van der Waals surface area contributed by atoms with E-state index in [-0.39, 0.29) is 5.78 Å². The lowest BCUT2D eigenvalue weighted by molar-refractivity contribution is 0.103. The Morgan fingerprint density at radius 3 is 1.36 bits per heavy atom. The van der Waals surface area contributed by atoms with Gasteiger partial charge < -0.3 is 0 Å². The summed E-state index contributed by atoms with van der Waals surface area (Å²) in [4.78, 5) is 11.8. The lowest BCUT2D eigenvalue weighted by Crippen LogP contribution is -1.99. The second-order valence-corrected chi connectivity index (χ2v) is 3.06. The van der Waals surface area contributed by atoms with Crippen LogP contribution < -0.4 is 0 Å². The van der Waals surface area contributed by atoms with Gasteiger partial charge in [0.1, 0.15) is 0 Å². The third kappa shape index (κ3) is 1.72. The molecule has 0 bridgehead atoms. The van der Waals surface area contributed by atoms with Crippen molar-refractivity contribution in [2.24, 2.45) is 0 Å². The van der Waals surface area contributed by atoms with Gasteiger partial charge in [-0.2, -0.15) is 0 Å². The Bertz CT molecular complexity index is 376. The van der Waals surface area contributed by atoms with E-state index < -0.39 is 0 Å². The lowest BCUT2D eigenvalue weighted by atomic mass is 10.3. The van der Waals surface area contributed by atoms with Crippen molar-refractivity contribution >= 4 is 5.78 Å². The fraction of sp³-hybridized carbons (Fsp3) is 0. The number of rotatable bonds is 2. The minimum atomic E-state index is 0.0752. The van der Waals surface area contributed by atoms with Gasteiger partial charge in [-0.1, -0.05) is 60.7 Å². The smallest absolute Gasteiger partial charge is 0.193 e. The van der Waals surface area contributed by atoms with Gasteiger partial charge in [-0.05, 0) is 0 Å². The summed E-state index contributed by atoms with van der Waals surface area (Å²) in [6.45, 7) is 0. The van der Waals surface area contributed by atoms with Crippen molar-refractivity contribution in [1.29, 1.82) is 0 Å². The van der Waals surface area contributed by atoms with E-state index in [4.69, 9.17) is 0 Å². The number of hydrogen-bond acceptors (Lipinski definition) is 1. The van der Waals surface area contributed by atoms with E-state index in [1.54, 1.807) is 0 Å². The average Bonchev–Trinajstić information content (AvgIpc) is 2.30. The van der Waals surface area contributed by atoms with E-state index in [2.05, 4.69) is 0 Å². The van der Waals surface area contributed by atoms with E-state index in [1.165, 1.54) is 0 Å². The zero-order valence-corrected chi connectivity index (χ0v) is 7.68. The molecule has 0 aliphatic heterocycles. The molecule has 0 saturated heterocycles. The second kappa shape index (κ2) is 3.88. The molecule has 14 heavy (non-hydrogen) atoms. The molecule has 2 aromatic carbocycles. The van der Waals surface area contributed by atoms with E-state index >= 15 is 0 Å². The van der Waals surface area contributed by atoms with Crippen molar-refractivity contribution in [1.82, 2.24) is 0 Å². The number of ketones is 1. The summed E-state index contributed by atoms with van der Waals surface area (Å²) >= 11 is 0. The van der Waals surface area contributed by atoms with Gasteiger partial charge in [0.15, 0.2) is 5.78 Å². The first-order valence-corrected chi connectivity index (χ1v) is 4.53. The molecule has 2 aromatic rings. The van der Waals surface area contributed by atoms with Crippen molar-refractivity contribution in [3.63, 3.8) is 0 Å². The van der Waals surface area contributed by atoms with Crippen LogP contribution in [0.1, 0.15) is 15.9 Å². The predicted molar refractivity (Wildman–Crippen MR) is 56.3 cm³/mol. The summed E-state index contributed by atoms with van der Waals surface area (Å²) < 4.78 is 0. The molecule has 0 spiro atoms. The van der Waals surface area contributed by atoms with Gasteiger partial charge in [0.25, 0.3) is 0 Å². The Morgan fingerprint density at radius 2 is 1.00 bits per heavy atom. The maximum atomic E-state index is 11.8. The summed E-state index contributed by atoms with van der Waals surface area (Å²) in [5.74, 6) is 0.0752. The Balaban J connectivity index is 2.35. The third-order valence-electron chi connectivity index (χ3n) is 2.07. The molecule has 0 fully saturated rings. The van der Waals surface area contributed by atoms with Crippen molar-refractivity contribution < 1.29 is 4.79 Å². The minimum absolute atomic E-state index is 0.0752. The SMILES string of the molecule is O=[14C](c1ccccc1)c1ccccc1. The van der Waals surface area contributed by atoms with Crippen molar-refractivity contribution in [3.05, 3.63) is 71.8 Å². The van der Waals surface area contributed by atoms with Crippen molar-refractivity contribution in [2.75, 3.05) is 0 Å². The lowest BCUT2D eigenvalue weighted by Gasteiger charge is -1.99. The molecule has 1 nitrogen and oxygen atoms in total. The molecule has 0 radical (unpaired) electrons. The van der Waals surface area contributed by atoms with Crippen LogP contribution in [0, 0.1) is 0 Å². The Labute approximate surface area is 83.0 Å². The highest BCUT2D eigenvalue weighted by molar-refractivity contribution is 6.08. The number of carbonyl (C=O) groups is 1. The summed E-state index contributed by atoms with van der Waals surface area (Å²) in [5, 5.41) is 0. The number of benzene rings is 2. The van der Waals surface area contributed by atoms with Crippen LogP contribution in [0.4, 0.5) is 0 Å². The van der Waals surface area contributed by atoms with Crippen molar-refractivity contribution in [2.45, 2.75) is 0 Å². The van der Waals surface area contributed by atoms with Crippen LogP contribution in [0.25, 0.3) is 0 Å². The quantitative estimate of drug-likeness (QED) is 0.656. The minimum Gasteiger partial charge on any atom is -0.289 e. The molecule has 0 aliphatic rings. The van der Waals surface area contributed by atoms with Crippen LogP contribution in [-0.4, -0.2) is 5.78 Å². The standard InChI is InChI=1S/C13H10O/c14-13(11-7-3-1-4-8-11)12-9-5-2-6-10-12/h1-10H/i13+2. The Morgan fingerprint density at radius 1 is 0.643 bits per heavy atom. The summed E-state index contributed by atoms with van der Waals surface area (Å²) in [7, 11) is 0. The molecule has 0 atom stereocenters. The monoisotopic (exact) mass is 184 g/mol. The highest BCUT2D eigenvalue weighted by Gasteiger charge is 2.06. The van der Waals surface area contributed by atoms with E-state index in [9.17, 15) is 4.79 Å². The molecular weight excluding hydrogens is 174 g/mol. The first-order valence-electron chi connectivity index (χ1n) is 4.53. The first-order chi connectivity index (χ1) is 6.88. The largest absolute Gasteiger partial charge is 0.289 e. The highest BCUT2D eigenvalue weighted by Crippen LogP contribution is 2.08. The molecule has 0 N–H and O–H groups in total. The fourth-order valence-electron chi connectivity index (χ4n) is 1.35. The fourth-order valence-corrected chi connectivity index (χ4v) is 1.35. The van der Waals surface area contributed by atoms with Crippen LogP contribution in [0.5, 0.6) is 0 Å². The Hall–Kier alpha value is -1.89. The van der Waals surface area contributed by atoms with Crippen LogP contribution in [0.2, 0.25) is 0 Å². The third-order valence-corrected chi connectivity index (χ3v) is 2.07. The maximum absolute atomic E-state index is 11.8. The van der Waals surface area contributed by atoms with Gasteiger partial charge in [-0.3, -0.25) is 4.79 Å². The molecule has 0 unspecified atom stereocenters. The summed E-state index contributed by atoms with van der Waals surface area (Å²) in [5.41, 5.74) is 1.47. The van der Waals surface area contributed by atoms with E-state index in [1.807, 2.05) is 60.7 Å². The molecule has 0 aliphatic carbocycles. The molecule has 0 saturated carbocycles. The van der Waals surface area contributed by atoms with Gasteiger partial charge >= 0.3 is 0 Å². The topological polar surface area (TPSA) is 17.1 Å². The molecule has 0 amide bonds. The second-order valence-electron chi connectivity index (χ2n) is 3.06. The molecular formula is C13H10O. The molecule has 1 heteroatoms. The van der Waals surface area contributed by atoms with Crippen molar-refractivity contribution in [3.8, 4) is 0 Å². The zero-order chi connectivity index (χ0) is 9.80. The van der Waals surface area contributed by atoms with Crippen LogP contribution in [0.3, 0.4) is 0 Å². The van der Waals surface area contributed by atoms with Gasteiger partial charge in [0, 0.05) is 11.1 Å². The van der Waals surface area contributed by atoms with Gasteiger partial charge in [0.05, 0.1) is 0 Å². The van der Waals surface area contributed by atoms with Gasteiger partial charge in [0.2, 0.25) is 0 Å². The summed E-state index contributed by atoms with van der Waals surface area (Å²) in [6.07, 6.45) is 0. The molecule has 0 aromatic heterocycles. The number of carbonyl (C=O) groups excluding carboxylic acids is 1. The normalized spacial score (nSPS) is 9.71.